The molecule has 1 aliphatic heterocycles. The fourth-order valence-electron chi connectivity index (χ4n) is 1.17. The molecule has 0 saturated carbocycles. The first-order valence-corrected chi connectivity index (χ1v) is 4.08. The van der Waals surface area contributed by atoms with Crippen molar-refractivity contribution in [1.29, 1.82) is 0 Å². The lowest BCUT2D eigenvalue weighted by atomic mass is 10.2. The third kappa shape index (κ3) is 1.45. The first-order chi connectivity index (χ1) is 6.27. The van der Waals surface area contributed by atoms with E-state index in [-0.39, 0.29) is 5.78 Å². The number of nitrogens with zero attached hydrogens (tertiary/aromatic N) is 1. The minimum Gasteiger partial charge on any atom is -0.475 e. The molecule has 0 N–H and O–H groups in total. The summed E-state index contributed by atoms with van der Waals surface area (Å²) in [5, 5.41) is 0. The van der Waals surface area contributed by atoms with Crippen LogP contribution in [0.25, 0.3) is 0 Å². The van der Waals surface area contributed by atoms with E-state index in [2.05, 4.69) is 4.99 Å². The summed E-state index contributed by atoms with van der Waals surface area (Å²) in [5.41, 5.74) is 0.778. The summed E-state index contributed by atoms with van der Waals surface area (Å²) in [6, 6.07) is 7.40. The van der Waals surface area contributed by atoms with Gasteiger partial charge in [-0.25, -0.2) is 0 Å². The lowest BCUT2D eigenvalue weighted by molar-refractivity contribution is -0.120. The number of ketones is 1. The maximum absolute atomic E-state index is 11.0. The highest BCUT2D eigenvalue weighted by molar-refractivity contribution is 5.98. The number of aliphatic imine (C=N–C) groups is 1. The summed E-state index contributed by atoms with van der Waals surface area (Å²) in [6.45, 7) is 1.49. The number of carbonyl (C=O) groups is 1. The van der Waals surface area contributed by atoms with Crippen molar-refractivity contribution in [2.24, 2.45) is 4.99 Å². The van der Waals surface area contributed by atoms with Gasteiger partial charge in [0.25, 0.3) is 0 Å². The smallest absolute Gasteiger partial charge is 0.191 e. The molecule has 1 aromatic carbocycles. The number of fused-ring (bicyclic) bond motifs is 1. The largest absolute Gasteiger partial charge is 0.475 e. The fourth-order valence-corrected chi connectivity index (χ4v) is 1.17. The van der Waals surface area contributed by atoms with Crippen LogP contribution in [0.5, 0.6) is 5.75 Å². The van der Waals surface area contributed by atoms with Gasteiger partial charge in [-0.2, -0.15) is 0 Å². The van der Waals surface area contributed by atoms with E-state index in [0.29, 0.717) is 5.75 Å². The van der Waals surface area contributed by atoms with E-state index in [1.165, 1.54) is 13.1 Å². The zero-order valence-electron chi connectivity index (χ0n) is 7.23. The lowest BCUT2D eigenvalue weighted by Gasteiger charge is -2.17. The summed E-state index contributed by atoms with van der Waals surface area (Å²) in [7, 11) is 0. The Kier molecular flexibility index (Phi) is 1.85. The number of rotatable bonds is 1. The van der Waals surface area contributed by atoms with E-state index < -0.39 is 6.10 Å². The Labute approximate surface area is 76.1 Å². The summed E-state index contributed by atoms with van der Waals surface area (Å²) >= 11 is 0. The van der Waals surface area contributed by atoms with Crippen LogP contribution < -0.4 is 4.74 Å². The van der Waals surface area contributed by atoms with Crippen LogP contribution in [0.4, 0.5) is 5.69 Å². The molecule has 3 nitrogen and oxygen atoms in total. The van der Waals surface area contributed by atoms with Crippen LogP contribution in [0, 0.1) is 0 Å². The van der Waals surface area contributed by atoms with Crippen LogP contribution in [0.2, 0.25) is 0 Å². The number of hydrogen-bond acceptors (Lipinski definition) is 3. The minimum absolute atomic E-state index is 0.0294. The van der Waals surface area contributed by atoms with Crippen LogP contribution in [-0.2, 0) is 4.79 Å². The van der Waals surface area contributed by atoms with E-state index in [4.69, 9.17) is 4.74 Å². The molecule has 0 spiro atoms. The Morgan fingerprint density at radius 1 is 1.46 bits per heavy atom. The minimum atomic E-state index is -0.519. The highest BCUT2D eigenvalue weighted by Gasteiger charge is 2.18. The molecule has 0 bridgehead atoms. The molecule has 0 aliphatic carbocycles. The predicted octanol–water partition coefficient (Wildman–Crippen LogP) is 1.74. The van der Waals surface area contributed by atoms with Gasteiger partial charge in [0.05, 0.1) is 6.21 Å². The van der Waals surface area contributed by atoms with E-state index in [1.807, 2.05) is 24.3 Å². The average Bonchev–Trinajstić information content (AvgIpc) is 2.17. The molecule has 66 valence electrons. The molecule has 1 heterocycles. The van der Waals surface area contributed by atoms with Gasteiger partial charge < -0.3 is 4.74 Å². The second-order valence-corrected chi connectivity index (χ2v) is 2.89. The Morgan fingerprint density at radius 3 is 3.00 bits per heavy atom. The lowest BCUT2D eigenvalue weighted by Crippen LogP contribution is -2.28. The molecule has 1 aromatic rings. The Morgan fingerprint density at radius 2 is 2.23 bits per heavy atom. The first kappa shape index (κ1) is 7.98. The Hall–Kier alpha value is -1.64. The molecule has 0 amide bonds. The molecule has 0 saturated heterocycles. The van der Waals surface area contributed by atoms with Gasteiger partial charge in [-0.3, -0.25) is 9.79 Å². The third-order valence-corrected chi connectivity index (χ3v) is 1.87. The van der Waals surface area contributed by atoms with Crippen LogP contribution >= 0.6 is 0 Å². The average molecular weight is 175 g/mol. The fraction of sp³-hybridized carbons (Fsp3) is 0.200. The number of ether oxygens (including phenoxy) is 1. The standard InChI is InChI=1S/C10H9NO2/c1-7(12)10-6-11-8-4-2-3-5-9(8)13-10/h2-6,10H,1H3. The van der Waals surface area contributed by atoms with Gasteiger partial charge in [-0.1, -0.05) is 12.1 Å². The molecule has 1 atom stereocenters. The number of carbonyl (C=O) groups excluding carboxylic acids is 1. The number of benzene rings is 1. The molecule has 0 radical (unpaired) electrons. The van der Waals surface area contributed by atoms with Crippen molar-refractivity contribution in [2.45, 2.75) is 13.0 Å². The molecular weight excluding hydrogens is 166 g/mol. The summed E-state index contributed by atoms with van der Waals surface area (Å²) in [4.78, 5) is 15.1. The van der Waals surface area contributed by atoms with Crippen LogP contribution in [0.3, 0.4) is 0 Å². The number of para-hydroxylation sites is 2. The van der Waals surface area contributed by atoms with Crippen molar-refractivity contribution < 1.29 is 9.53 Å². The van der Waals surface area contributed by atoms with Crippen molar-refractivity contribution in [3.63, 3.8) is 0 Å². The quantitative estimate of drug-likeness (QED) is 0.652. The summed E-state index contributed by atoms with van der Waals surface area (Å²) in [5.74, 6) is 0.642. The molecule has 1 unspecified atom stereocenters. The van der Waals surface area contributed by atoms with Gasteiger partial charge in [0.15, 0.2) is 11.9 Å². The van der Waals surface area contributed by atoms with Crippen molar-refractivity contribution in [3.05, 3.63) is 24.3 Å². The molecule has 1 aliphatic rings. The first-order valence-electron chi connectivity index (χ1n) is 4.08. The molecule has 0 fully saturated rings. The van der Waals surface area contributed by atoms with Gasteiger partial charge in [0.1, 0.15) is 11.4 Å². The third-order valence-electron chi connectivity index (χ3n) is 1.87. The van der Waals surface area contributed by atoms with Gasteiger partial charge in [0, 0.05) is 0 Å². The van der Waals surface area contributed by atoms with Gasteiger partial charge >= 0.3 is 0 Å². The number of Topliss-reactive ketones (excluding diaryl/α,β-unsaturated/α-hetero) is 1. The molecular formula is C10H9NO2. The normalized spacial score (nSPS) is 19.0. The zero-order valence-corrected chi connectivity index (χ0v) is 7.23. The number of hydrogen-bond donors (Lipinski definition) is 0. The second kappa shape index (κ2) is 3.01. The zero-order chi connectivity index (χ0) is 9.26. The van der Waals surface area contributed by atoms with Gasteiger partial charge in [-0.15, -0.1) is 0 Å². The Bertz CT molecular complexity index is 371. The van der Waals surface area contributed by atoms with Crippen LogP contribution in [0.1, 0.15) is 6.92 Å². The maximum Gasteiger partial charge on any atom is 0.191 e. The van der Waals surface area contributed by atoms with Crippen molar-refractivity contribution >= 4 is 17.7 Å². The van der Waals surface area contributed by atoms with Gasteiger partial charge in [0.2, 0.25) is 0 Å². The second-order valence-electron chi connectivity index (χ2n) is 2.89. The topological polar surface area (TPSA) is 38.7 Å². The van der Waals surface area contributed by atoms with Crippen molar-refractivity contribution in [2.75, 3.05) is 0 Å². The van der Waals surface area contributed by atoms with Crippen molar-refractivity contribution in [3.8, 4) is 5.75 Å². The summed E-state index contributed by atoms with van der Waals surface area (Å²) < 4.78 is 5.39. The molecule has 0 aromatic heterocycles. The van der Waals surface area contributed by atoms with E-state index >= 15 is 0 Å². The van der Waals surface area contributed by atoms with E-state index in [1.54, 1.807) is 0 Å². The monoisotopic (exact) mass is 175 g/mol. The highest BCUT2D eigenvalue weighted by Crippen LogP contribution is 2.30. The molecule has 2 rings (SSSR count). The molecule has 3 heteroatoms. The van der Waals surface area contributed by atoms with E-state index in [9.17, 15) is 4.79 Å². The van der Waals surface area contributed by atoms with Crippen LogP contribution in [0.15, 0.2) is 29.3 Å². The summed E-state index contributed by atoms with van der Waals surface area (Å²) in [6.07, 6.45) is 1.01. The van der Waals surface area contributed by atoms with Crippen LogP contribution in [-0.4, -0.2) is 18.1 Å². The predicted molar refractivity (Wildman–Crippen MR) is 49.7 cm³/mol. The van der Waals surface area contributed by atoms with Gasteiger partial charge in [-0.05, 0) is 19.1 Å². The van der Waals surface area contributed by atoms with Crippen molar-refractivity contribution in [1.82, 2.24) is 0 Å². The SMILES string of the molecule is CC(=O)C1C=Nc2ccccc2O1. The molecule has 13 heavy (non-hydrogen) atoms. The highest BCUT2D eigenvalue weighted by atomic mass is 16.5. The Balaban J connectivity index is 2.34. The maximum atomic E-state index is 11.0. The van der Waals surface area contributed by atoms with E-state index in [0.717, 1.165) is 5.69 Å².